The van der Waals surface area contributed by atoms with Crippen LogP contribution < -0.4 is 5.32 Å². The van der Waals surface area contributed by atoms with Crippen molar-refractivity contribution in [2.75, 3.05) is 6.61 Å². The Labute approximate surface area is 130 Å². The quantitative estimate of drug-likeness (QED) is 0.865. The maximum atomic E-state index is 12.5. The van der Waals surface area contributed by atoms with E-state index in [1.165, 1.54) is 12.1 Å². The second kappa shape index (κ2) is 6.99. The summed E-state index contributed by atoms with van der Waals surface area (Å²) in [6.07, 6.45) is -3.96. The van der Waals surface area contributed by atoms with E-state index in [1.807, 2.05) is 0 Å². The monoisotopic (exact) mass is 331 g/mol. The predicted octanol–water partition coefficient (Wildman–Crippen LogP) is 2.00. The minimum atomic E-state index is -4.45. The highest BCUT2D eigenvalue weighted by Gasteiger charge is 2.31. The summed E-state index contributed by atoms with van der Waals surface area (Å²) in [4.78, 5) is 23.1. The lowest BCUT2D eigenvalue weighted by molar-refractivity contribution is -0.143. The van der Waals surface area contributed by atoms with Gasteiger partial charge in [-0.25, -0.2) is 4.79 Å². The number of nitrogens with one attached hydrogen (secondary N) is 1. The summed E-state index contributed by atoms with van der Waals surface area (Å²) in [7, 11) is 0. The van der Waals surface area contributed by atoms with Crippen LogP contribution in [0.4, 0.5) is 13.2 Å². The topological polar surface area (TPSA) is 75.6 Å². The molecule has 1 amide bonds. The van der Waals surface area contributed by atoms with E-state index in [2.05, 4.69) is 5.32 Å². The molecule has 1 fully saturated rings. The van der Waals surface area contributed by atoms with Gasteiger partial charge in [0.05, 0.1) is 5.56 Å². The molecule has 1 heterocycles. The fourth-order valence-electron chi connectivity index (χ4n) is 2.31. The Balaban J connectivity index is 2.01. The van der Waals surface area contributed by atoms with E-state index in [-0.39, 0.29) is 6.42 Å². The van der Waals surface area contributed by atoms with Crippen LogP contribution in [0, 0.1) is 0 Å². The zero-order valence-corrected chi connectivity index (χ0v) is 12.1. The molecule has 2 N–H and O–H groups in total. The minimum Gasteiger partial charge on any atom is -0.480 e. The lowest BCUT2D eigenvalue weighted by Gasteiger charge is -2.17. The average molecular weight is 331 g/mol. The Morgan fingerprint density at radius 3 is 2.43 bits per heavy atom. The van der Waals surface area contributed by atoms with Crippen LogP contribution in [0.1, 0.15) is 24.0 Å². The Morgan fingerprint density at radius 1 is 1.30 bits per heavy atom. The molecular weight excluding hydrogens is 315 g/mol. The number of carbonyl (C=O) groups is 2. The molecule has 0 aromatic heterocycles. The van der Waals surface area contributed by atoms with Crippen LogP contribution in [-0.2, 0) is 26.9 Å². The van der Waals surface area contributed by atoms with Gasteiger partial charge in [0, 0.05) is 13.0 Å². The smallest absolute Gasteiger partial charge is 0.416 e. The summed E-state index contributed by atoms with van der Waals surface area (Å²) in [5.41, 5.74) is -0.422. The second-order valence-corrected chi connectivity index (χ2v) is 5.30. The highest BCUT2D eigenvalue weighted by molar-refractivity contribution is 5.86. The van der Waals surface area contributed by atoms with Gasteiger partial charge in [0.2, 0.25) is 5.91 Å². The van der Waals surface area contributed by atoms with Crippen LogP contribution in [0.3, 0.4) is 0 Å². The molecule has 126 valence electrons. The standard InChI is InChI=1S/C15H16F3NO4/c16-15(17,18)10-5-3-9(4-6-10)8-11(14(21)22)19-13(20)12-2-1-7-23-12/h3-6,11-12H,1-2,7-8H2,(H,19,20)(H,21,22)/t11-,12+/m0/s1. The number of ether oxygens (including phenoxy) is 1. The van der Waals surface area contributed by atoms with Crippen LogP contribution in [0.15, 0.2) is 24.3 Å². The van der Waals surface area contributed by atoms with Crippen LogP contribution in [0.2, 0.25) is 0 Å². The third-order valence-electron chi connectivity index (χ3n) is 3.56. The van der Waals surface area contributed by atoms with Crippen molar-refractivity contribution in [1.82, 2.24) is 5.32 Å². The molecular formula is C15H16F3NO4. The molecule has 0 radical (unpaired) electrons. The van der Waals surface area contributed by atoms with Gasteiger partial charge in [-0.1, -0.05) is 12.1 Å². The van der Waals surface area contributed by atoms with Crippen molar-refractivity contribution in [3.05, 3.63) is 35.4 Å². The van der Waals surface area contributed by atoms with Crippen LogP contribution in [0.25, 0.3) is 0 Å². The van der Waals surface area contributed by atoms with Gasteiger partial charge in [0.15, 0.2) is 0 Å². The zero-order valence-electron chi connectivity index (χ0n) is 12.1. The first kappa shape index (κ1) is 17.3. The number of halogens is 3. The first-order valence-corrected chi connectivity index (χ1v) is 7.08. The van der Waals surface area contributed by atoms with Gasteiger partial charge in [-0.2, -0.15) is 13.2 Å². The van der Waals surface area contributed by atoms with Gasteiger partial charge >= 0.3 is 12.1 Å². The third-order valence-corrected chi connectivity index (χ3v) is 3.56. The number of alkyl halides is 3. The molecule has 0 unspecified atom stereocenters. The molecule has 23 heavy (non-hydrogen) atoms. The Hall–Kier alpha value is -2.09. The van der Waals surface area contributed by atoms with Crippen molar-refractivity contribution in [3.63, 3.8) is 0 Å². The summed E-state index contributed by atoms with van der Waals surface area (Å²) in [5, 5.41) is 11.5. The number of carboxylic acid groups (broad SMARTS) is 1. The van der Waals surface area contributed by atoms with Gasteiger partial charge < -0.3 is 15.2 Å². The largest absolute Gasteiger partial charge is 0.480 e. The fraction of sp³-hybridized carbons (Fsp3) is 0.467. The molecule has 0 bridgehead atoms. The zero-order chi connectivity index (χ0) is 17.0. The molecule has 1 aromatic carbocycles. The molecule has 0 saturated carbocycles. The third kappa shape index (κ3) is 4.69. The van der Waals surface area contributed by atoms with Crippen LogP contribution in [-0.4, -0.2) is 35.7 Å². The molecule has 8 heteroatoms. The lowest BCUT2D eigenvalue weighted by atomic mass is 10.0. The van der Waals surface area contributed by atoms with Gasteiger partial charge in [-0.15, -0.1) is 0 Å². The number of hydrogen-bond acceptors (Lipinski definition) is 3. The second-order valence-electron chi connectivity index (χ2n) is 5.30. The average Bonchev–Trinajstić information content (AvgIpc) is 3.00. The first-order chi connectivity index (χ1) is 10.8. The number of benzene rings is 1. The SMILES string of the molecule is O=C(O)[C@H](Cc1ccc(C(F)(F)F)cc1)NC(=O)[C@H]1CCCO1. The van der Waals surface area contributed by atoms with E-state index in [1.54, 1.807) is 0 Å². The van der Waals surface area contributed by atoms with Crippen molar-refractivity contribution in [2.24, 2.45) is 0 Å². The summed E-state index contributed by atoms with van der Waals surface area (Å²) < 4.78 is 42.6. The van der Waals surface area contributed by atoms with E-state index in [0.717, 1.165) is 18.6 Å². The van der Waals surface area contributed by atoms with Crippen LogP contribution in [0.5, 0.6) is 0 Å². The summed E-state index contributed by atoms with van der Waals surface area (Å²) in [5.74, 6) is -1.77. The predicted molar refractivity (Wildman–Crippen MR) is 73.7 cm³/mol. The molecule has 5 nitrogen and oxygen atoms in total. The highest BCUT2D eigenvalue weighted by Crippen LogP contribution is 2.29. The van der Waals surface area contributed by atoms with Crippen LogP contribution >= 0.6 is 0 Å². The summed E-state index contributed by atoms with van der Waals surface area (Å²) >= 11 is 0. The molecule has 0 aliphatic carbocycles. The molecule has 1 aromatic rings. The molecule has 2 rings (SSSR count). The van der Waals surface area contributed by atoms with Gasteiger partial charge in [-0.3, -0.25) is 4.79 Å². The van der Waals surface area contributed by atoms with E-state index in [0.29, 0.717) is 18.6 Å². The van der Waals surface area contributed by atoms with E-state index >= 15 is 0 Å². The van der Waals surface area contributed by atoms with Crippen molar-refractivity contribution in [2.45, 2.75) is 37.6 Å². The first-order valence-electron chi connectivity index (χ1n) is 7.08. The van der Waals surface area contributed by atoms with E-state index in [4.69, 9.17) is 4.74 Å². The maximum Gasteiger partial charge on any atom is 0.416 e. The lowest BCUT2D eigenvalue weighted by Crippen LogP contribution is -2.46. The summed E-state index contributed by atoms with van der Waals surface area (Å²) in [6, 6.07) is 2.96. The van der Waals surface area contributed by atoms with Gasteiger partial charge in [0.25, 0.3) is 0 Å². The Bertz CT molecular complexity index is 565. The maximum absolute atomic E-state index is 12.5. The van der Waals surface area contributed by atoms with Crippen molar-refractivity contribution in [3.8, 4) is 0 Å². The Morgan fingerprint density at radius 2 is 1.96 bits per heavy atom. The highest BCUT2D eigenvalue weighted by atomic mass is 19.4. The molecule has 2 atom stereocenters. The minimum absolute atomic E-state index is 0.105. The Kier molecular flexibility index (Phi) is 5.25. The van der Waals surface area contributed by atoms with E-state index < -0.39 is 35.8 Å². The molecule has 0 spiro atoms. The van der Waals surface area contributed by atoms with Crippen molar-refractivity contribution in [1.29, 1.82) is 0 Å². The number of aliphatic carboxylic acids is 1. The van der Waals surface area contributed by atoms with E-state index in [9.17, 15) is 27.9 Å². The normalized spacial score (nSPS) is 19.3. The number of hydrogen-bond donors (Lipinski definition) is 2. The molecule has 1 aliphatic heterocycles. The number of rotatable bonds is 5. The number of carbonyl (C=O) groups excluding carboxylic acids is 1. The number of amides is 1. The number of carboxylic acids is 1. The van der Waals surface area contributed by atoms with Gasteiger partial charge in [0.1, 0.15) is 12.1 Å². The fourth-order valence-corrected chi connectivity index (χ4v) is 2.31. The molecule has 1 aliphatic rings. The van der Waals surface area contributed by atoms with Crippen molar-refractivity contribution >= 4 is 11.9 Å². The van der Waals surface area contributed by atoms with Crippen molar-refractivity contribution < 1.29 is 32.6 Å². The summed E-state index contributed by atoms with van der Waals surface area (Å²) in [6.45, 7) is 0.453. The van der Waals surface area contributed by atoms with Gasteiger partial charge in [-0.05, 0) is 30.5 Å². The molecule has 1 saturated heterocycles.